The molecule has 0 radical (unpaired) electrons. The minimum Gasteiger partial charge on any atom is -0.462 e. The van der Waals surface area contributed by atoms with Gasteiger partial charge in [-0.1, -0.05) is 321 Å². The number of carbonyl (C=O) groups excluding carboxylic acids is 3. The molecule has 6 nitrogen and oxygen atoms in total. The summed E-state index contributed by atoms with van der Waals surface area (Å²) in [6, 6.07) is 0. The summed E-state index contributed by atoms with van der Waals surface area (Å²) in [6.07, 6.45) is 75.5. The number of hydrogen-bond donors (Lipinski definition) is 0. The van der Waals surface area contributed by atoms with E-state index in [0.29, 0.717) is 19.3 Å². The topological polar surface area (TPSA) is 78.9 Å². The third-order valence-electron chi connectivity index (χ3n) is 15.0. The summed E-state index contributed by atoms with van der Waals surface area (Å²) in [5, 5.41) is 0. The van der Waals surface area contributed by atoms with Crippen LogP contribution in [-0.2, 0) is 28.6 Å². The molecule has 1 atom stereocenters. The van der Waals surface area contributed by atoms with E-state index in [2.05, 4.69) is 45.1 Å². The van der Waals surface area contributed by atoms with E-state index >= 15 is 0 Å². The highest BCUT2D eigenvalue weighted by Gasteiger charge is 2.19. The molecule has 0 aromatic rings. The van der Waals surface area contributed by atoms with Crippen molar-refractivity contribution in [1.82, 2.24) is 0 Å². The quantitative estimate of drug-likeness (QED) is 0.0261. The lowest BCUT2D eigenvalue weighted by Gasteiger charge is -2.18. The normalized spacial score (nSPS) is 12.1. The maximum absolute atomic E-state index is 12.8. The van der Waals surface area contributed by atoms with Gasteiger partial charge in [-0.05, 0) is 51.4 Å². The molecule has 0 bridgehead atoms. The molecule has 0 saturated heterocycles. The highest BCUT2D eigenvalue weighted by molar-refractivity contribution is 5.71. The van der Waals surface area contributed by atoms with Crippen LogP contribution in [0.2, 0.25) is 0 Å². The number of ether oxygens (including phenoxy) is 3. The van der Waals surface area contributed by atoms with Crippen LogP contribution in [-0.4, -0.2) is 37.2 Å². The van der Waals surface area contributed by atoms with Crippen LogP contribution >= 0.6 is 0 Å². The zero-order chi connectivity index (χ0) is 52.9. The van der Waals surface area contributed by atoms with E-state index in [9.17, 15) is 14.4 Å². The van der Waals surface area contributed by atoms with Crippen molar-refractivity contribution in [3.8, 4) is 0 Å². The SMILES string of the molecule is CCCCCCC/C=C\C/C=C\CCCCCCCCCCCCCCCCCCCCCCCCCC(=O)OCC(COC(=O)CCCCCCC)OC(=O)CCCCCCCCCCCCCCCCC. The van der Waals surface area contributed by atoms with Gasteiger partial charge in [0.25, 0.3) is 0 Å². The zero-order valence-corrected chi connectivity index (χ0v) is 49.4. The molecule has 430 valence electrons. The number of allylic oxidation sites excluding steroid dienone is 4. The Bertz CT molecular complexity index is 1180. The third-order valence-corrected chi connectivity index (χ3v) is 15.0. The molecule has 0 aromatic carbocycles. The molecule has 1 unspecified atom stereocenters. The number of rotatable bonds is 61. The molecule has 0 fully saturated rings. The first-order chi connectivity index (χ1) is 36.0. The Balaban J connectivity index is 3.83. The monoisotopic (exact) mass is 1030 g/mol. The summed E-state index contributed by atoms with van der Waals surface area (Å²) >= 11 is 0. The van der Waals surface area contributed by atoms with E-state index in [-0.39, 0.29) is 31.1 Å². The zero-order valence-electron chi connectivity index (χ0n) is 49.4. The van der Waals surface area contributed by atoms with Crippen molar-refractivity contribution >= 4 is 17.9 Å². The van der Waals surface area contributed by atoms with Crippen LogP contribution < -0.4 is 0 Å². The lowest BCUT2D eigenvalue weighted by atomic mass is 10.0. The van der Waals surface area contributed by atoms with Crippen LogP contribution in [0.5, 0.6) is 0 Å². The van der Waals surface area contributed by atoms with Gasteiger partial charge in [0, 0.05) is 19.3 Å². The van der Waals surface area contributed by atoms with Gasteiger partial charge in [-0.3, -0.25) is 14.4 Å². The van der Waals surface area contributed by atoms with Gasteiger partial charge in [0.2, 0.25) is 0 Å². The second-order valence-electron chi connectivity index (χ2n) is 22.4. The van der Waals surface area contributed by atoms with Gasteiger partial charge in [-0.15, -0.1) is 0 Å². The number of unbranched alkanes of at least 4 members (excludes halogenated alkanes) is 46. The van der Waals surface area contributed by atoms with Crippen LogP contribution in [0.3, 0.4) is 0 Å². The molecule has 0 aromatic heterocycles. The fourth-order valence-electron chi connectivity index (χ4n) is 10.0. The second kappa shape index (κ2) is 62.4. The molecular weight excluding hydrogens is 901 g/mol. The lowest BCUT2D eigenvalue weighted by Crippen LogP contribution is -2.30. The fourth-order valence-corrected chi connectivity index (χ4v) is 10.0. The average molecular weight is 1030 g/mol. The summed E-state index contributed by atoms with van der Waals surface area (Å²) in [4.78, 5) is 37.8. The molecule has 73 heavy (non-hydrogen) atoms. The van der Waals surface area contributed by atoms with Gasteiger partial charge in [0.15, 0.2) is 6.10 Å². The Hall–Kier alpha value is -2.11. The second-order valence-corrected chi connectivity index (χ2v) is 22.4. The molecule has 0 aliphatic rings. The molecule has 0 spiro atoms. The Morgan fingerprint density at radius 2 is 0.493 bits per heavy atom. The van der Waals surface area contributed by atoms with Gasteiger partial charge in [-0.2, -0.15) is 0 Å². The van der Waals surface area contributed by atoms with Crippen molar-refractivity contribution in [2.45, 2.75) is 374 Å². The summed E-state index contributed by atoms with van der Waals surface area (Å²) < 4.78 is 16.8. The van der Waals surface area contributed by atoms with Gasteiger partial charge in [-0.25, -0.2) is 0 Å². The van der Waals surface area contributed by atoms with Crippen molar-refractivity contribution in [2.24, 2.45) is 0 Å². The first kappa shape index (κ1) is 70.9. The Kier molecular flexibility index (Phi) is 60.6. The first-order valence-electron chi connectivity index (χ1n) is 32.8. The predicted molar refractivity (Wildman–Crippen MR) is 316 cm³/mol. The minimum atomic E-state index is -0.761. The highest BCUT2D eigenvalue weighted by atomic mass is 16.6. The van der Waals surface area contributed by atoms with Crippen molar-refractivity contribution in [2.75, 3.05) is 13.2 Å². The molecule has 0 N–H and O–H groups in total. The van der Waals surface area contributed by atoms with E-state index in [1.807, 2.05) is 0 Å². The smallest absolute Gasteiger partial charge is 0.306 e. The van der Waals surface area contributed by atoms with Crippen LogP contribution in [0.15, 0.2) is 24.3 Å². The number of carbonyl (C=O) groups is 3. The molecule has 0 aliphatic carbocycles. The molecule has 6 heteroatoms. The average Bonchev–Trinajstić information content (AvgIpc) is 3.39. The van der Waals surface area contributed by atoms with Crippen molar-refractivity contribution in [1.29, 1.82) is 0 Å². The van der Waals surface area contributed by atoms with Gasteiger partial charge in [0.1, 0.15) is 13.2 Å². The molecule has 0 heterocycles. The Morgan fingerprint density at radius 3 is 0.753 bits per heavy atom. The van der Waals surface area contributed by atoms with E-state index in [4.69, 9.17) is 14.2 Å². The Labute approximate surface area is 455 Å². The van der Waals surface area contributed by atoms with Crippen molar-refractivity contribution < 1.29 is 28.6 Å². The predicted octanol–water partition coefficient (Wildman–Crippen LogP) is 22.2. The van der Waals surface area contributed by atoms with Crippen LogP contribution in [0.4, 0.5) is 0 Å². The van der Waals surface area contributed by atoms with E-state index in [1.165, 1.54) is 257 Å². The molecule has 0 saturated carbocycles. The molecule has 0 aliphatic heterocycles. The molecular formula is C67H126O6. The standard InChI is InChI=1S/C67H126O6/c1-4-7-10-13-15-17-19-21-23-24-25-26-27-28-29-30-31-32-33-34-35-36-37-38-39-40-41-42-44-45-47-49-51-54-57-60-66(69)72-63-64(62-71-65(68)59-56-53-12-9-6-3)73-67(70)61-58-55-52-50-48-46-43-22-20-18-16-14-11-8-5-2/h19,21,24-25,64H,4-18,20,22-23,26-63H2,1-3H3/b21-19-,25-24-. The third kappa shape index (κ3) is 60.6. The maximum Gasteiger partial charge on any atom is 0.306 e. The van der Waals surface area contributed by atoms with Crippen LogP contribution in [0.25, 0.3) is 0 Å². The number of hydrogen-bond acceptors (Lipinski definition) is 6. The van der Waals surface area contributed by atoms with Crippen molar-refractivity contribution in [3.05, 3.63) is 24.3 Å². The lowest BCUT2D eigenvalue weighted by molar-refractivity contribution is -0.167. The largest absolute Gasteiger partial charge is 0.462 e. The van der Waals surface area contributed by atoms with Gasteiger partial charge < -0.3 is 14.2 Å². The van der Waals surface area contributed by atoms with Crippen molar-refractivity contribution in [3.63, 3.8) is 0 Å². The first-order valence-corrected chi connectivity index (χ1v) is 32.8. The fraction of sp³-hybridized carbons (Fsp3) is 0.896. The van der Waals surface area contributed by atoms with Gasteiger partial charge in [0.05, 0.1) is 0 Å². The Morgan fingerprint density at radius 1 is 0.274 bits per heavy atom. The summed E-state index contributed by atoms with van der Waals surface area (Å²) in [5.74, 6) is -0.855. The number of esters is 3. The van der Waals surface area contributed by atoms with Crippen LogP contribution in [0.1, 0.15) is 367 Å². The molecule has 0 rings (SSSR count). The van der Waals surface area contributed by atoms with Crippen LogP contribution in [0, 0.1) is 0 Å². The van der Waals surface area contributed by atoms with E-state index < -0.39 is 6.10 Å². The molecule has 0 amide bonds. The minimum absolute atomic E-state index is 0.0647. The highest BCUT2D eigenvalue weighted by Crippen LogP contribution is 2.18. The summed E-state index contributed by atoms with van der Waals surface area (Å²) in [6.45, 7) is 6.60. The van der Waals surface area contributed by atoms with E-state index in [0.717, 1.165) is 70.6 Å². The summed E-state index contributed by atoms with van der Waals surface area (Å²) in [5.41, 5.74) is 0. The summed E-state index contributed by atoms with van der Waals surface area (Å²) in [7, 11) is 0. The van der Waals surface area contributed by atoms with E-state index in [1.54, 1.807) is 0 Å². The maximum atomic E-state index is 12.8. The van der Waals surface area contributed by atoms with Gasteiger partial charge >= 0.3 is 17.9 Å².